The smallest absolute Gasteiger partial charge is 0.242 e. The number of hydrogen-bond donors (Lipinski definition) is 3. The summed E-state index contributed by atoms with van der Waals surface area (Å²) in [5.74, 6) is 2.66. The number of aliphatic hydroxyl groups is 1. The molecule has 0 saturated carbocycles. The van der Waals surface area contributed by atoms with Crippen LogP contribution >= 0.6 is 23.5 Å². The predicted octanol–water partition coefficient (Wildman–Crippen LogP) is 1.33. The third-order valence-corrected chi connectivity index (χ3v) is 4.20. The molecule has 1 amide bonds. The summed E-state index contributed by atoms with van der Waals surface area (Å²) in [6, 6.07) is 3.23. The van der Waals surface area contributed by atoms with Gasteiger partial charge >= 0.3 is 0 Å². The number of pyridine rings is 1. The van der Waals surface area contributed by atoms with Gasteiger partial charge in [0, 0.05) is 17.7 Å². The molecule has 0 aromatic carbocycles. The first-order valence-electron chi connectivity index (χ1n) is 6.36. The van der Waals surface area contributed by atoms with Gasteiger partial charge in [-0.25, -0.2) is 4.98 Å². The van der Waals surface area contributed by atoms with Gasteiger partial charge in [0.25, 0.3) is 0 Å². The zero-order valence-corrected chi connectivity index (χ0v) is 13.2. The van der Waals surface area contributed by atoms with Crippen LogP contribution < -0.4 is 11.1 Å². The van der Waals surface area contributed by atoms with Crippen molar-refractivity contribution in [1.82, 2.24) is 4.98 Å². The molecule has 4 N–H and O–H groups in total. The molecule has 0 radical (unpaired) electrons. The zero-order chi connectivity index (χ0) is 14.8. The van der Waals surface area contributed by atoms with Crippen LogP contribution in [0.1, 0.15) is 12.0 Å². The van der Waals surface area contributed by atoms with Crippen molar-refractivity contribution in [3.8, 4) is 0 Å². The van der Waals surface area contributed by atoms with Gasteiger partial charge in [-0.3, -0.25) is 4.79 Å². The molecular weight excluding hydrogens is 294 g/mol. The van der Waals surface area contributed by atoms with E-state index >= 15 is 0 Å². The van der Waals surface area contributed by atoms with Crippen LogP contribution in [0.4, 0.5) is 5.82 Å². The average Bonchev–Trinajstić information content (AvgIpc) is 2.45. The number of thioether (sulfide) groups is 2. The molecule has 5 nitrogen and oxygen atoms in total. The molecular formula is C13H21N3O2S2. The van der Waals surface area contributed by atoms with Crippen LogP contribution in [0, 0.1) is 0 Å². The van der Waals surface area contributed by atoms with Crippen molar-refractivity contribution in [2.45, 2.75) is 18.2 Å². The highest BCUT2D eigenvalue weighted by molar-refractivity contribution is 7.98. The molecule has 1 aromatic rings. The van der Waals surface area contributed by atoms with Gasteiger partial charge in [-0.1, -0.05) is 0 Å². The third kappa shape index (κ3) is 6.60. The number of aliphatic hydroxyl groups excluding tert-OH is 1. The highest BCUT2D eigenvalue weighted by Gasteiger charge is 2.13. The largest absolute Gasteiger partial charge is 0.396 e. The molecule has 1 aromatic heterocycles. The summed E-state index contributed by atoms with van der Waals surface area (Å²) in [6.07, 6.45) is 4.30. The van der Waals surface area contributed by atoms with Crippen LogP contribution in [-0.4, -0.2) is 46.4 Å². The number of carbonyl (C=O) groups is 1. The Kier molecular flexibility index (Phi) is 8.68. The zero-order valence-electron chi connectivity index (χ0n) is 11.5. The van der Waals surface area contributed by atoms with Gasteiger partial charge in [-0.15, -0.1) is 0 Å². The monoisotopic (exact) mass is 315 g/mol. The van der Waals surface area contributed by atoms with Crippen LogP contribution in [0.25, 0.3) is 0 Å². The molecule has 0 spiro atoms. The summed E-state index contributed by atoms with van der Waals surface area (Å²) < 4.78 is 0. The molecule has 0 fully saturated rings. The topological polar surface area (TPSA) is 88.2 Å². The normalized spacial score (nSPS) is 12.2. The number of hydrogen-bond acceptors (Lipinski definition) is 6. The van der Waals surface area contributed by atoms with Gasteiger partial charge in [0.15, 0.2) is 0 Å². The van der Waals surface area contributed by atoms with Gasteiger partial charge in [-0.05, 0) is 36.1 Å². The van der Waals surface area contributed by atoms with Gasteiger partial charge in [0.1, 0.15) is 5.82 Å². The quantitative estimate of drug-likeness (QED) is 0.596. The lowest BCUT2D eigenvalue weighted by molar-refractivity contribution is -0.117. The molecule has 0 aliphatic rings. The van der Waals surface area contributed by atoms with Crippen molar-refractivity contribution in [3.63, 3.8) is 0 Å². The number of anilines is 1. The highest BCUT2D eigenvalue weighted by atomic mass is 32.2. The predicted molar refractivity (Wildman–Crippen MR) is 87.1 cm³/mol. The summed E-state index contributed by atoms with van der Waals surface area (Å²) in [7, 11) is 0. The minimum Gasteiger partial charge on any atom is -0.396 e. The molecule has 0 saturated heterocycles. The Morgan fingerprint density at radius 3 is 3.05 bits per heavy atom. The van der Waals surface area contributed by atoms with Crippen molar-refractivity contribution in [2.24, 2.45) is 5.73 Å². The maximum atomic E-state index is 11.9. The number of rotatable bonds is 9. The van der Waals surface area contributed by atoms with E-state index in [0.29, 0.717) is 18.0 Å². The van der Waals surface area contributed by atoms with E-state index < -0.39 is 6.04 Å². The first kappa shape index (κ1) is 17.3. The van der Waals surface area contributed by atoms with E-state index in [4.69, 9.17) is 10.8 Å². The summed E-state index contributed by atoms with van der Waals surface area (Å²) >= 11 is 3.30. The molecule has 1 rings (SSSR count). The molecule has 1 unspecified atom stereocenters. The van der Waals surface area contributed by atoms with Crippen molar-refractivity contribution in [2.75, 3.05) is 29.7 Å². The average molecular weight is 315 g/mol. The van der Waals surface area contributed by atoms with Gasteiger partial charge < -0.3 is 16.2 Å². The van der Waals surface area contributed by atoms with Crippen LogP contribution in [0.15, 0.2) is 18.3 Å². The van der Waals surface area contributed by atoms with Gasteiger partial charge in [0.2, 0.25) is 5.91 Å². The van der Waals surface area contributed by atoms with E-state index in [2.05, 4.69) is 10.3 Å². The molecule has 0 aliphatic heterocycles. The van der Waals surface area contributed by atoms with Crippen LogP contribution in [0.5, 0.6) is 0 Å². The van der Waals surface area contributed by atoms with Crippen molar-refractivity contribution in [1.29, 1.82) is 0 Å². The number of aromatic nitrogens is 1. The van der Waals surface area contributed by atoms with E-state index in [1.165, 1.54) is 0 Å². The maximum Gasteiger partial charge on any atom is 0.242 e. The Morgan fingerprint density at radius 1 is 1.55 bits per heavy atom. The van der Waals surface area contributed by atoms with Crippen molar-refractivity contribution >= 4 is 35.2 Å². The Bertz CT molecular complexity index is 418. The molecule has 7 heteroatoms. The molecule has 0 bridgehead atoms. The summed E-state index contributed by atoms with van der Waals surface area (Å²) in [6.45, 7) is 0.170. The molecule has 1 atom stereocenters. The fourth-order valence-corrected chi connectivity index (χ4v) is 2.66. The minimum absolute atomic E-state index is 0.170. The van der Waals surface area contributed by atoms with E-state index in [-0.39, 0.29) is 12.5 Å². The first-order valence-corrected chi connectivity index (χ1v) is 8.91. The maximum absolute atomic E-state index is 11.9. The summed E-state index contributed by atoms with van der Waals surface area (Å²) in [5, 5.41) is 11.5. The van der Waals surface area contributed by atoms with E-state index in [0.717, 1.165) is 17.1 Å². The number of nitrogens with one attached hydrogen (secondary N) is 1. The second-order valence-corrected chi connectivity index (χ2v) is 6.29. The van der Waals surface area contributed by atoms with E-state index in [1.54, 1.807) is 29.7 Å². The van der Waals surface area contributed by atoms with Crippen LogP contribution in [-0.2, 0) is 10.5 Å². The Labute approximate surface area is 128 Å². The summed E-state index contributed by atoms with van der Waals surface area (Å²) in [5.41, 5.74) is 6.86. The lowest BCUT2D eigenvalue weighted by Gasteiger charge is -2.11. The number of amides is 1. The Morgan fingerprint density at radius 2 is 2.35 bits per heavy atom. The Balaban J connectivity index is 2.50. The van der Waals surface area contributed by atoms with Crippen LogP contribution in [0.2, 0.25) is 0 Å². The van der Waals surface area contributed by atoms with Crippen LogP contribution in [0.3, 0.4) is 0 Å². The van der Waals surface area contributed by atoms with E-state index in [1.807, 2.05) is 18.4 Å². The molecule has 20 heavy (non-hydrogen) atoms. The fraction of sp³-hybridized carbons (Fsp3) is 0.538. The summed E-state index contributed by atoms with van der Waals surface area (Å²) in [4.78, 5) is 16.0. The standard InChI is InChI=1S/C13H21N3O2S2/c1-19-6-3-11(14)13(18)16-12-8-10(2-4-15-12)9-20-7-5-17/h2,4,8,11,17H,3,5-7,9,14H2,1H3,(H,15,16,18). The van der Waals surface area contributed by atoms with Crippen molar-refractivity contribution in [3.05, 3.63) is 23.9 Å². The third-order valence-electron chi connectivity index (χ3n) is 2.55. The fourth-order valence-electron chi connectivity index (χ4n) is 1.48. The van der Waals surface area contributed by atoms with Crippen molar-refractivity contribution < 1.29 is 9.90 Å². The Hall–Kier alpha value is -0.760. The lowest BCUT2D eigenvalue weighted by Crippen LogP contribution is -2.36. The second-order valence-electron chi connectivity index (χ2n) is 4.20. The SMILES string of the molecule is CSCCC(N)C(=O)Nc1cc(CSCCO)ccn1. The molecule has 1 heterocycles. The van der Waals surface area contributed by atoms with Gasteiger partial charge in [-0.2, -0.15) is 23.5 Å². The number of nitrogens with zero attached hydrogens (tertiary/aromatic N) is 1. The highest BCUT2D eigenvalue weighted by Crippen LogP contribution is 2.14. The lowest BCUT2D eigenvalue weighted by atomic mass is 10.2. The number of carbonyl (C=O) groups excluding carboxylic acids is 1. The molecule has 0 aliphatic carbocycles. The van der Waals surface area contributed by atoms with E-state index in [9.17, 15) is 4.79 Å². The minimum atomic E-state index is -0.503. The second kappa shape index (κ2) is 10.0. The number of nitrogens with two attached hydrogens (primary N) is 1. The molecule has 112 valence electrons. The van der Waals surface area contributed by atoms with Gasteiger partial charge in [0.05, 0.1) is 12.6 Å². The first-order chi connectivity index (χ1) is 9.67.